The molecule has 0 atom stereocenters. The van der Waals surface area contributed by atoms with Crippen molar-refractivity contribution in [2.45, 2.75) is 6.42 Å². The number of hydrogen-bond acceptors (Lipinski definition) is 5. The number of aromatic nitrogens is 1. The summed E-state index contributed by atoms with van der Waals surface area (Å²) in [6.45, 7) is 0.540. The summed E-state index contributed by atoms with van der Waals surface area (Å²) in [6, 6.07) is 13.5. The second kappa shape index (κ2) is 8.49. The third-order valence-electron chi connectivity index (χ3n) is 3.83. The highest BCUT2D eigenvalue weighted by Gasteiger charge is 2.05. The van der Waals surface area contributed by atoms with E-state index in [1.54, 1.807) is 31.6 Å². The first-order valence-electron chi connectivity index (χ1n) is 8.22. The van der Waals surface area contributed by atoms with Crippen molar-refractivity contribution < 1.29 is 14.3 Å². The fourth-order valence-corrected chi connectivity index (χ4v) is 3.48. The molecule has 0 aliphatic heterocycles. The quantitative estimate of drug-likeness (QED) is 0.646. The number of rotatable bonds is 7. The van der Waals surface area contributed by atoms with Gasteiger partial charge < -0.3 is 14.8 Å². The summed E-state index contributed by atoms with van der Waals surface area (Å²) < 4.78 is 11.7. The number of amides is 1. The second-order valence-electron chi connectivity index (χ2n) is 5.56. The molecule has 0 aliphatic rings. The molecule has 3 aromatic rings. The fourth-order valence-electron chi connectivity index (χ4n) is 2.51. The van der Waals surface area contributed by atoms with Gasteiger partial charge in [-0.15, -0.1) is 11.3 Å². The van der Waals surface area contributed by atoms with E-state index in [9.17, 15) is 4.79 Å². The third kappa shape index (κ3) is 4.40. The summed E-state index contributed by atoms with van der Waals surface area (Å²) in [5.41, 5.74) is 1.79. The Kier molecular flexibility index (Phi) is 5.86. The zero-order chi connectivity index (χ0) is 18.4. The number of hydrogen-bond donors (Lipinski definition) is 1. The van der Waals surface area contributed by atoms with Crippen molar-refractivity contribution >= 4 is 33.5 Å². The predicted octanol–water partition coefficient (Wildman–Crippen LogP) is 3.69. The van der Waals surface area contributed by atoms with Crippen LogP contribution in [0.4, 0.5) is 0 Å². The lowest BCUT2D eigenvalue weighted by Gasteiger charge is -2.07. The number of nitrogens with one attached hydrogen (secondary N) is 1. The summed E-state index contributed by atoms with van der Waals surface area (Å²) >= 11 is 1.66. The maximum atomic E-state index is 12.0. The molecular formula is C20H20N2O3S. The minimum atomic E-state index is -0.156. The van der Waals surface area contributed by atoms with E-state index in [4.69, 9.17) is 9.47 Å². The molecule has 0 aliphatic carbocycles. The molecule has 0 saturated heterocycles. The van der Waals surface area contributed by atoms with Crippen molar-refractivity contribution in [3.63, 3.8) is 0 Å². The molecule has 2 aromatic carbocycles. The molecule has 1 heterocycles. The van der Waals surface area contributed by atoms with Gasteiger partial charge in [-0.3, -0.25) is 4.79 Å². The van der Waals surface area contributed by atoms with Crippen LogP contribution in [0.2, 0.25) is 0 Å². The Morgan fingerprint density at radius 2 is 2.04 bits per heavy atom. The largest absolute Gasteiger partial charge is 0.497 e. The lowest BCUT2D eigenvalue weighted by molar-refractivity contribution is -0.116. The van der Waals surface area contributed by atoms with E-state index in [-0.39, 0.29) is 5.91 Å². The number of nitrogens with zero attached hydrogens (tertiary/aromatic N) is 1. The van der Waals surface area contributed by atoms with E-state index >= 15 is 0 Å². The van der Waals surface area contributed by atoms with E-state index in [1.165, 1.54) is 10.8 Å². The van der Waals surface area contributed by atoms with E-state index in [0.29, 0.717) is 24.5 Å². The summed E-state index contributed by atoms with van der Waals surface area (Å²) in [5, 5.41) is 3.90. The van der Waals surface area contributed by atoms with Crippen molar-refractivity contribution in [2.75, 3.05) is 20.8 Å². The van der Waals surface area contributed by atoms with E-state index < -0.39 is 0 Å². The fraction of sp³-hybridized carbons (Fsp3) is 0.200. The minimum absolute atomic E-state index is 0.156. The Morgan fingerprint density at radius 3 is 2.81 bits per heavy atom. The van der Waals surface area contributed by atoms with Gasteiger partial charge in [-0.1, -0.05) is 12.1 Å². The van der Waals surface area contributed by atoms with Crippen molar-refractivity contribution in [3.8, 4) is 11.5 Å². The standard InChI is InChI=1S/C20H20N2O3S/c1-24-15-8-9-17(25-2)14(13-15)7-10-19(23)21-12-11-20-22-16-5-3-4-6-18(16)26-20/h3-10,13H,11-12H2,1-2H3,(H,21,23)/b10-7+. The van der Waals surface area contributed by atoms with Gasteiger partial charge in [0, 0.05) is 24.6 Å². The third-order valence-corrected chi connectivity index (χ3v) is 4.92. The monoisotopic (exact) mass is 368 g/mol. The summed E-state index contributed by atoms with van der Waals surface area (Å²) in [4.78, 5) is 16.6. The molecule has 0 saturated carbocycles. The Balaban J connectivity index is 1.56. The number of ether oxygens (including phenoxy) is 2. The van der Waals surface area contributed by atoms with Crippen LogP contribution in [-0.2, 0) is 11.2 Å². The summed E-state index contributed by atoms with van der Waals surface area (Å²) in [7, 11) is 3.20. The molecule has 3 rings (SSSR count). The lowest BCUT2D eigenvalue weighted by Crippen LogP contribution is -2.23. The number of carbonyl (C=O) groups excluding carboxylic acids is 1. The van der Waals surface area contributed by atoms with Crippen LogP contribution in [0.15, 0.2) is 48.5 Å². The number of fused-ring (bicyclic) bond motifs is 1. The van der Waals surface area contributed by atoms with Crippen molar-refractivity contribution in [1.82, 2.24) is 10.3 Å². The van der Waals surface area contributed by atoms with Gasteiger partial charge >= 0.3 is 0 Å². The highest BCUT2D eigenvalue weighted by atomic mass is 32.1. The average molecular weight is 368 g/mol. The van der Waals surface area contributed by atoms with Crippen LogP contribution >= 0.6 is 11.3 Å². The van der Waals surface area contributed by atoms with Crippen molar-refractivity contribution in [3.05, 3.63) is 59.1 Å². The average Bonchev–Trinajstić information content (AvgIpc) is 3.08. The normalized spacial score (nSPS) is 11.0. The molecule has 0 spiro atoms. The molecule has 26 heavy (non-hydrogen) atoms. The Morgan fingerprint density at radius 1 is 1.19 bits per heavy atom. The molecule has 134 valence electrons. The van der Waals surface area contributed by atoms with Gasteiger partial charge in [0.05, 0.1) is 29.4 Å². The number of thiazole rings is 1. The van der Waals surface area contributed by atoms with Crippen LogP contribution in [0.3, 0.4) is 0 Å². The molecule has 1 aromatic heterocycles. The summed E-state index contributed by atoms with van der Waals surface area (Å²) in [5.74, 6) is 1.24. The van der Waals surface area contributed by atoms with Gasteiger partial charge in [0.15, 0.2) is 0 Å². The Labute approximate surface area is 156 Å². The maximum absolute atomic E-state index is 12.0. The van der Waals surface area contributed by atoms with E-state index in [0.717, 1.165) is 16.1 Å². The molecule has 0 unspecified atom stereocenters. The maximum Gasteiger partial charge on any atom is 0.244 e. The zero-order valence-corrected chi connectivity index (χ0v) is 15.5. The first-order chi connectivity index (χ1) is 12.7. The minimum Gasteiger partial charge on any atom is -0.497 e. The number of benzene rings is 2. The molecule has 0 radical (unpaired) electrons. The highest BCUT2D eigenvalue weighted by Crippen LogP contribution is 2.25. The highest BCUT2D eigenvalue weighted by molar-refractivity contribution is 7.18. The topological polar surface area (TPSA) is 60.5 Å². The van der Waals surface area contributed by atoms with Gasteiger partial charge in [-0.05, 0) is 36.4 Å². The summed E-state index contributed by atoms with van der Waals surface area (Å²) in [6.07, 6.45) is 3.92. The van der Waals surface area contributed by atoms with Gasteiger partial charge in [-0.25, -0.2) is 4.98 Å². The van der Waals surface area contributed by atoms with Crippen molar-refractivity contribution in [1.29, 1.82) is 0 Å². The molecule has 1 amide bonds. The molecule has 5 nitrogen and oxygen atoms in total. The van der Waals surface area contributed by atoms with Crippen LogP contribution in [-0.4, -0.2) is 31.7 Å². The van der Waals surface area contributed by atoms with Gasteiger partial charge in [0.2, 0.25) is 5.91 Å². The molecule has 0 bridgehead atoms. The first-order valence-corrected chi connectivity index (χ1v) is 9.03. The van der Waals surface area contributed by atoms with Gasteiger partial charge in [0.1, 0.15) is 11.5 Å². The first kappa shape index (κ1) is 17.9. The number of carbonyl (C=O) groups is 1. The number of methoxy groups -OCH3 is 2. The molecule has 0 fully saturated rings. The number of para-hydroxylation sites is 1. The smallest absolute Gasteiger partial charge is 0.244 e. The van der Waals surface area contributed by atoms with Crippen LogP contribution in [0.1, 0.15) is 10.6 Å². The van der Waals surface area contributed by atoms with Crippen LogP contribution in [0, 0.1) is 0 Å². The van der Waals surface area contributed by atoms with E-state index in [1.807, 2.05) is 36.4 Å². The molecule has 6 heteroatoms. The van der Waals surface area contributed by atoms with Crippen LogP contribution in [0.5, 0.6) is 11.5 Å². The van der Waals surface area contributed by atoms with Gasteiger partial charge in [-0.2, -0.15) is 0 Å². The Hall–Kier alpha value is -2.86. The SMILES string of the molecule is COc1ccc(OC)c(/C=C/C(=O)NCCc2nc3ccccc3s2)c1. The zero-order valence-electron chi connectivity index (χ0n) is 14.7. The van der Waals surface area contributed by atoms with Crippen molar-refractivity contribution in [2.24, 2.45) is 0 Å². The lowest BCUT2D eigenvalue weighted by atomic mass is 10.1. The molecule has 1 N–H and O–H groups in total. The van der Waals surface area contributed by atoms with Crippen LogP contribution < -0.4 is 14.8 Å². The Bertz CT molecular complexity index is 901. The van der Waals surface area contributed by atoms with E-state index in [2.05, 4.69) is 16.4 Å². The second-order valence-corrected chi connectivity index (χ2v) is 6.67. The van der Waals surface area contributed by atoms with Crippen LogP contribution in [0.25, 0.3) is 16.3 Å². The predicted molar refractivity (Wildman–Crippen MR) is 105 cm³/mol. The molecular weight excluding hydrogens is 348 g/mol. The van der Waals surface area contributed by atoms with Gasteiger partial charge in [0.25, 0.3) is 0 Å².